The molecule has 1 aromatic carbocycles. The largest absolute Gasteiger partial charge is 0.492 e. The van der Waals surface area contributed by atoms with E-state index < -0.39 is 12.0 Å². The number of carboxylic acids is 1. The van der Waals surface area contributed by atoms with Gasteiger partial charge in [-0.3, -0.25) is 9.69 Å². The second-order valence-electron chi connectivity index (χ2n) is 5.09. The van der Waals surface area contributed by atoms with Crippen LogP contribution in [-0.4, -0.2) is 43.9 Å². The number of aliphatic carboxylic acids is 1. The van der Waals surface area contributed by atoms with Crippen LogP contribution in [0.1, 0.15) is 24.4 Å². The summed E-state index contributed by atoms with van der Waals surface area (Å²) in [6, 6.07) is 6.54. The zero-order valence-corrected chi connectivity index (χ0v) is 12.3. The Morgan fingerprint density at radius 2 is 2.27 bits per heavy atom. The van der Waals surface area contributed by atoms with Crippen molar-refractivity contribution in [2.24, 2.45) is 0 Å². The average Bonchev–Trinajstić information content (AvgIpc) is 2.87. The minimum Gasteiger partial charge on any atom is -0.492 e. The van der Waals surface area contributed by atoms with E-state index in [1.54, 1.807) is 10.7 Å². The first-order valence-electron chi connectivity index (χ1n) is 7.26. The lowest BCUT2D eigenvalue weighted by atomic mass is 10.0. The highest BCUT2D eigenvalue weighted by Gasteiger charge is 2.32. The van der Waals surface area contributed by atoms with Gasteiger partial charge in [0.2, 0.25) is 0 Å². The summed E-state index contributed by atoms with van der Waals surface area (Å²) in [5, 5.41) is 13.8. The van der Waals surface area contributed by atoms with Gasteiger partial charge in [-0.25, -0.2) is 9.67 Å². The number of para-hydroxylation sites is 1. The molecule has 1 unspecified atom stereocenters. The van der Waals surface area contributed by atoms with Crippen molar-refractivity contribution >= 4 is 5.97 Å². The number of hydrogen-bond donors (Lipinski definition) is 1. The van der Waals surface area contributed by atoms with Crippen LogP contribution in [-0.2, 0) is 17.9 Å². The molecular weight excluding hydrogens is 284 g/mol. The van der Waals surface area contributed by atoms with E-state index in [1.807, 2.05) is 30.0 Å². The summed E-state index contributed by atoms with van der Waals surface area (Å²) in [5.41, 5.74) is 0.676. The van der Waals surface area contributed by atoms with Crippen LogP contribution in [0.15, 0.2) is 30.6 Å². The zero-order valence-electron chi connectivity index (χ0n) is 12.3. The van der Waals surface area contributed by atoms with Gasteiger partial charge in [0.1, 0.15) is 30.5 Å². The second-order valence-corrected chi connectivity index (χ2v) is 5.09. The molecule has 3 rings (SSSR count). The Hall–Kier alpha value is -2.41. The summed E-state index contributed by atoms with van der Waals surface area (Å²) in [6.07, 6.45) is 1.50. The Bertz CT molecular complexity index is 670. The third-order valence-corrected chi connectivity index (χ3v) is 3.79. The number of aromatic nitrogens is 3. The molecule has 0 radical (unpaired) electrons. The Kier molecular flexibility index (Phi) is 4.06. The molecule has 1 aliphatic rings. The maximum absolute atomic E-state index is 11.8. The lowest BCUT2D eigenvalue weighted by Crippen LogP contribution is -2.35. The van der Waals surface area contributed by atoms with Gasteiger partial charge in [0.25, 0.3) is 0 Å². The van der Waals surface area contributed by atoms with Crippen LogP contribution in [0.2, 0.25) is 0 Å². The van der Waals surface area contributed by atoms with Crippen molar-refractivity contribution in [3.63, 3.8) is 0 Å². The van der Waals surface area contributed by atoms with Crippen molar-refractivity contribution in [2.45, 2.75) is 26.1 Å². The molecule has 2 aromatic rings. The van der Waals surface area contributed by atoms with Crippen LogP contribution >= 0.6 is 0 Å². The maximum atomic E-state index is 11.8. The summed E-state index contributed by atoms with van der Waals surface area (Å²) < 4.78 is 7.46. The van der Waals surface area contributed by atoms with Crippen molar-refractivity contribution in [1.29, 1.82) is 0 Å². The fourth-order valence-corrected chi connectivity index (χ4v) is 2.75. The Morgan fingerprint density at radius 1 is 1.45 bits per heavy atom. The number of fused-ring (bicyclic) bond motifs is 1. The van der Waals surface area contributed by atoms with E-state index in [-0.39, 0.29) is 0 Å². The van der Waals surface area contributed by atoms with Gasteiger partial charge in [-0.05, 0) is 13.0 Å². The van der Waals surface area contributed by atoms with E-state index in [4.69, 9.17) is 4.74 Å². The van der Waals surface area contributed by atoms with Gasteiger partial charge in [0.05, 0.1) is 6.54 Å². The molecule has 0 saturated heterocycles. The van der Waals surface area contributed by atoms with Crippen LogP contribution < -0.4 is 4.74 Å². The molecule has 7 heteroatoms. The first-order valence-corrected chi connectivity index (χ1v) is 7.26. The molecule has 1 atom stereocenters. The normalized spacial score (nSPS) is 18.3. The molecule has 0 bridgehead atoms. The Morgan fingerprint density at radius 3 is 3.05 bits per heavy atom. The van der Waals surface area contributed by atoms with Crippen molar-refractivity contribution in [1.82, 2.24) is 19.7 Å². The molecule has 1 N–H and O–H groups in total. The molecular formula is C15H18N4O3. The standard InChI is InChI=1S/C15H18N4O3/c1-2-19-13(16-10-17-19)9-18-7-8-22-12-6-4-3-5-11(12)14(18)15(20)21/h3-6,10,14H,2,7-9H2,1H3,(H,20,21). The summed E-state index contributed by atoms with van der Waals surface area (Å²) in [4.78, 5) is 17.9. The Labute approximate surface area is 128 Å². The van der Waals surface area contributed by atoms with Gasteiger partial charge in [0.15, 0.2) is 0 Å². The van der Waals surface area contributed by atoms with Gasteiger partial charge in [-0.1, -0.05) is 18.2 Å². The molecule has 7 nitrogen and oxygen atoms in total. The van der Waals surface area contributed by atoms with E-state index in [2.05, 4.69) is 10.1 Å². The van der Waals surface area contributed by atoms with E-state index in [9.17, 15) is 9.90 Å². The molecule has 0 fully saturated rings. The maximum Gasteiger partial charge on any atom is 0.325 e. The smallest absolute Gasteiger partial charge is 0.325 e. The predicted octanol–water partition coefficient (Wildman–Crippen LogP) is 1.32. The molecule has 116 valence electrons. The van der Waals surface area contributed by atoms with Crippen molar-refractivity contribution in [3.8, 4) is 5.75 Å². The van der Waals surface area contributed by atoms with E-state index >= 15 is 0 Å². The van der Waals surface area contributed by atoms with E-state index in [0.29, 0.717) is 37.6 Å². The molecule has 0 saturated carbocycles. The highest BCUT2D eigenvalue weighted by atomic mass is 16.5. The summed E-state index contributed by atoms with van der Waals surface area (Å²) >= 11 is 0. The average molecular weight is 302 g/mol. The molecule has 22 heavy (non-hydrogen) atoms. The highest BCUT2D eigenvalue weighted by Crippen LogP contribution is 2.32. The predicted molar refractivity (Wildman–Crippen MR) is 78.4 cm³/mol. The monoisotopic (exact) mass is 302 g/mol. The number of hydrogen-bond acceptors (Lipinski definition) is 5. The number of benzene rings is 1. The number of nitrogens with zero attached hydrogens (tertiary/aromatic N) is 4. The van der Waals surface area contributed by atoms with E-state index in [0.717, 1.165) is 5.82 Å². The molecule has 1 aliphatic heterocycles. The van der Waals surface area contributed by atoms with Crippen molar-refractivity contribution in [3.05, 3.63) is 42.0 Å². The Balaban J connectivity index is 1.94. The SMILES string of the molecule is CCn1ncnc1CN1CCOc2ccccc2C1C(=O)O. The quantitative estimate of drug-likeness (QED) is 0.917. The summed E-state index contributed by atoms with van der Waals surface area (Å²) in [7, 11) is 0. The van der Waals surface area contributed by atoms with Crippen LogP contribution in [0.3, 0.4) is 0 Å². The third kappa shape index (κ3) is 2.67. The van der Waals surface area contributed by atoms with Crippen molar-refractivity contribution < 1.29 is 14.6 Å². The van der Waals surface area contributed by atoms with Gasteiger partial charge in [0, 0.05) is 18.7 Å². The van der Waals surface area contributed by atoms with Gasteiger partial charge >= 0.3 is 5.97 Å². The van der Waals surface area contributed by atoms with Gasteiger partial charge < -0.3 is 9.84 Å². The van der Waals surface area contributed by atoms with Crippen LogP contribution in [0, 0.1) is 0 Å². The first kappa shape index (κ1) is 14.5. The minimum atomic E-state index is -0.888. The topological polar surface area (TPSA) is 80.5 Å². The molecule has 0 amide bonds. The second kappa shape index (κ2) is 6.15. The van der Waals surface area contributed by atoms with Crippen LogP contribution in [0.4, 0.5) is 0 Å². The van der Waals surface area contributed by atoms with E-state index in [1.165, 1.54) is 6.33 Å². The highest BCUT2D eigenvalue weighted by molar-refractivity contribution is 5.76. The molecule has 0 aliphatic carbocycles. The summed E-state index contributed by atoms with van der Waals surface area (Å²) in [6.45, 7) is 4.06. The molecule has 1 aromatic heterocycles. The van der Waals surface area contributed by atoms with Gasteiger partial charge in [-0.2, -0.15) is 5.10 Å². The fourth-order valence-electron chi connectivity index (χ4n) is 2.75. The first-order chi connectivity index (χ1) is 10.7. The molecule has 2 heterocycles. The zero-order chi connectivity index (χ0) is 15.5. The number of carbonyl (C=O) groups is 1. The lowest BCUT2D eigenvalue weighted by Gasteiger charge is -2.26. The van der Waals surface area contributed by atoms with Crippen LogP contribution in [0.25, 0.3) is 0 Å². The number of carboxylic acid groups (broad SMARTS) is 1. The number of ether oxygens (including phenoxy) is 1. The lowest BCUT2D eigenvalue weighted by molar-refractivity contribution is -0.143. The van der Waals surface area contributed by atoms with Crippen LogP contribution in [0.5, 0.6) is 5.75 Å². The summed E-state index contributed by atoms with van der Waals surface area (Å²) in [5.74, 6) is 0.503. The van der Waals surface area contributed by atoms with Gasteiger partial charge in [-0.15, -0.1) is 0 Å². The fraction of sp³-hybridized carbons (Fsp3) is 0.400. The minimum absolute atomic E-state index is 0.419. The number of aryl methyl sites for hydroxylation is 1. The van der Waals surface area contributed by atoms with Crippen molar-refractivity contribution in [2.75, 3.05) is 13.2 Å². The molecule has 0 spiro atoms. The third-order valence-electron chi connectivity index (χ3n) is 3.79. The number of rotatable bonds is 4.